The number of ketones is 1. The number of allylic oxidation sites excluding steroid dienone is 2. The molecule has 3 aliphatic rings. The summed E-state index contributed by atoms with van der Waals surface area (Å²) in [5.41, 5.74) is 1.27. The molecule has 1 N–H and O–H groups in total. The molecule has 2 unspecified atom stereocenters. The van der Waals surface area contributed by atoms with Gasteiger partial charge in [-0.05, 0) is 28.5 Å². The van der Waals surface area contributed by atoms with Crippen LogP contribution in [0.5, 0.6) is 11.5 Å². The highest BCUT2D eigenvalue weighted by Crippen LogP contribution is 2.58. The molecule has 170 valence electrons. The minimum absolute atomic E-state index is 0.0620. The minimum atomic E-state index is -1.26. The van der Waals surface area contributed by atoms with Crippen LogP contribution in [0.25, 0.3) is 0 Å². The van der Waals surface area contributed by atoms with Crippen molar-refractivity contribution in [2.24, 2.45) is 11.3 Å². The van der Waals surface area contributed by atoms with Gasteiger partial charge in [0.15, 0.2) is 11.4 Å². The third-order valence-electron chi connectivity index (χ3n) is 6.77. The van der Waals surface area contributed by atoms with Crippen LogP contribution in [0.1, 0.15) is 68.6 Å². The maximum Gasteiger partial charge on any atom is 0.340 e. The molecular weight excluding hydrogens is 416 g/mol. The standard InChI is InChI=1S/C28H28O5/c1-26(2,3)17-11-19-23(13-21(17)29)32-24-14-22(30)18(27(4,5)6)12-20(24)28(19)16-10-8-7-9-15(16)25(31)33-28/h7-14,17,30H,1-6H3. The second kappa shape index (κ2) is 6.60. The van der Waals surface area contributed by atoms with Crippen molar-refractivity contribution in [3.8, 4) is 11.5 Å². The van der Waals surface area contributed by atoms with E-state index in [4.69, 9.17) is 9.47 Å². The van der Waals surface area contributed by atoms with Crippen molar-refractivity contribution in [1.29, 1.82) is 0 Å². The summed E-state index contributed by atoms with van der Waals surface area (Å²) in [4.78, 5) is 26.1. The number of aromatic hydroxyl groups is 1. The van der Waals surface area contributed by atoms with E-state index in [2.05, 4.69) is 0 Å². The average molecular weight is 445 g/mol. The summed E-state index contributed by atoms with van der Waals surface area (Å²) in [5, 5.41) is 10.8. The van der Waals surface area contributed by atoms with Gasteiger partial charge in [-0.3, -0.25) is 4.79 Å². The monoisotopic (exact) mass is 444 g/mol. The van der Waals surface area contributed by atoms with Crippen LogP contribution < -0.4 is 4.74 Å². The number of phenols is 1. The number of benzene rings is 2. The highest BCUT2D eigenvalue weighted by Gasteiger charge is 2.57. The largest absolute Gasteiger partial charge is 0.508 e. The maximum atomic E-state index is 13.1. The number of rotatable bonds is 0. The smallest absolute Gasteiger partial charge is 0.340 e. The van der Waals surface area contributed by atoms with Crippen molar-refractivity contribution in [2.45, 2.75) is 52.6 Å². The third kappa shape index (κ3) is 2.98. The van der Waals surface area contributed by atoms with E-state index in [1.54, 1.807) is 12.1 Å². The van der Waals surface area contributed by atoms with E-state index in [-0.39, 0.29) is 22.4 Å². The molecule has 1 aliphatic carbocycles. The van der Waals surface area contributed by atoms with Gasteiger partial charge < -0.3 is 14.6 Å². The summed E-state index contributed by atoms with van der Waals surface area (Å²) in [7, 11) is 0. The Balaban J connectivity index is 1.88. The van der Waals surface area contributed by atoms with Gasteiger partial charge in [0, 0.05) is 34.8 Å². The molecule has 33 heavy (non-hydrogen) atoms. The van der Waals surface area contributed by atoms with E-state index in [9.17, 15) is 14.7 Å². The van der Waals surface area contributed by atoms with Crippen molar-refractivity contribution >= 4 is 11.8 Å². The van der Waals surface area contributed by atoms with Crippen LogP contribution in [0.4, 0.5) is 0 Å². The number of carbonyl (C=O) groups is 2. The van der Waals surface area contributed by atoms with Gasteiger partial charge in [-0.1, -0.05) is 65.8 Å². The lowest BCUT2D eigenvalue weighted by Gasteiger charge is -2.42. The first-order valence-electron chi connectivity index (χ1n) is 11.2. The third-order valence-corrected chi connectivity index (χ3v) is 6.77. The fourth-order valence-corrected chi connectivity index (χ4v) is 5.09. The molecular formula is C28H28O5. The molecule has 0 bridgehead atoms. The zero-order valence-electron chi connectivity index (χ0n) is 19.8. The molecule has 5 rings (SSSR count). The van der Waals surface area contributed by atoms with Gasteiger partial charge in [-0.15, -0.1) is 0 Å². The van der Waals surface area contributed by atoms with Crippen LogP contribution in [0, 0.1) is 11.3 Å². The normalized spacial score (nSPS) is 23.8. The van der Waals surface area contributed by atoms with Crippen molar-refractivity contribution in [3.05, 3.63) is 82.1 Å². The van der Waals surface area contributed by atoms with Gasteiger partial charge in [0.1, 0.15) is 17.3 Å². The van der Waals surface area contributed by atoms with Crippen LogP contribution in [-0.2, 0) is 20.5 Å². The Bertz CT molecular complexity index is 1280. The Morgan fingerprint density at radius 2 is 1.67 bits per heavy atom. The summed E-state index contributed by atoms with van der Waals surface area (Å²) >= 11 is 0. The van der Waals surface area contributed by atoms with Crippen LogP contribution in [0.2, 0.25) is 0 Å². The lowest BCUT2D eigenvalue weighted by molar-refractivity contribution is -0.119. The number of carbonyl (C=O) groups excluding carboxylic acids is 2. The molecule has 2 atom stereocenters. The molecule has 0 amide bonds. The summed E-state index contributed by atoms with van der Waals surface area (Å²) in [5.74, 6) is -0.0715. The molecule has 2 heterocycles. The molecule has 2 aromatic rings. The van der Waals surface area contributed by atoms with Crippen LogP contribution in [-0.4, -0.2) is 16.9 Å². The van der Waals surface area contributed by atoms with Crippen molar-refractivity contribution in [2.75, 3.05) is 0 Å². The first kappa shape index (κ1) is 21.5. The number of hydrogen-bond donors (Lipinski definition) is 1. The van der Waals surface area contributed by atoms with Gasteiger partial charge in [-0.25, -0.2) is 4.79 Å². The SMILES string of the molecule is CC(C)(C)c1cc2c(cc1O)OC1=CC(=O)C(C(C)(C)C)C=C1C21OC(=O)c2ccccc21. The van der Waals surface area contributed by atoms with E-state index in [1.165, 1.54) is 6.08 Å². The van der Waals surface area contributed by atoms with Crippen LogP contribution in [0.15, 0.2) is 59.9 Å². The van der Waals surface area contributed by atoms with E-state index in [1.807, 2.05) is 71.9 Å². The summed E-state index contributed by atoms with van der Waals surface area (Å²) < 4.78 is 12.4. The molecule has 0 fully saturated rings. The Labute approximate surface area is 193 Å². The van der Waals surface area contributed by atoms with Gasteiger partial charge >= 0.3 is 5.97 Å². The number of ether oxygens (including phenoxy) is 2. The highest BCUT2D eigenvalue weighted by atomic mass is 16.6. The maximum absolute atomic E-state index is 13.1. The van der Waals surface area contributed by atoms with E-state index in [0.29, 0.717) is 33.8 Å². The van der Waals surface area contributed by atoms with Crippen LogP contribution >= 0.6 is 0 Å². The predicted molar refractivity (Wildman–Crippen MR) is 124 cm³/mol. The van der Waals surface area contributed by atoms with E-state index in [0.717, 1.165) is 5.56 Å². The van der Waals surface area contributed by atoms with Crippen molar-refractivity contribution in [1.82, 2.24) is 0 Å². The fraction of sp³-hybridized carbons (Fsp3) is 0.357. The second-order valence-electron chi connectivity index (χ2n) is 11.2. The molecule has 5 nitrogen and oxygen atoms in total. The molecule has 0 aromatic heterocycles. The highest BCUT2D eigenvalue weighted by molar-refractivity contribution is 6.00. The number of esters is 1. The first-order valence-corrected chi connectivity index (χ1v) is 11.2. The molecule has 2 aromatic carbocycles. The van der Waals surface area contributed by atoms with E-state index < -0.39 is 17.5 Å². The van der Waals surface area contributed by atoms with E-state index >= 15 is 0 Å². The molecule has 5 heteroatoms. The number of phenolic OH excluding ortho intramolecular Hbond substituents is 1. The summed E-state index contributed by atoms with van der Waals surface area (Å²) in [6, 6.07) is 10.8. The van der Waals surface area contributed by atoms with Gasteiger partial charge in [-0.2, -0.15) is 0 Å². The molecule has 0 saturated carbocycles. The Morgan fingerprint density at radius 3 is 2.33 bits per heavy atom. The fourth-order valence-electron chi connectivity index (χ4n) is 5.09. The predicted octanol–water partition coefficient (Wildman–Crippen LogP) is 5.55. The Kier molecular flexibility index (Phi) is 4.30. The minimum Gasteiger partial charge on any atom is -0.508 e. The first-order chi connectivity index (χ1) is 15.3. The number of fused-ring (bicyclic) bond motifs is 6. The van der Waals surface area contributed by atoms with Crippen molar-refractivity contribution in [3.63, 3.8) is 0 Å². The Morgan fingerprint density at radius 1 is 0.970 bits per heavy atom. The lowest BCUT2D eigenvalue weighted by atomic mass is 9.68. The number of hydrogen-bond acceptors (Lipinski definition) is 5. The zero-order valence-corrected chi connectivity index (χ0v) is 19.8. The Hall–Kier alpha value is -3.34. The van der Waals surface area contributed by atoms with Gasteiger partial charge in [0.25, 0.3) is 0 Å². The van der Waals surface area contributed by atoms with Gasteiger partial charge in [0.05, 0.1) is 5.56 Å². The quantitative estimate of drug-likeness (QED) is 0.539. The molecule has 1 spiro atoms. The zero-order chi connectivity index (χ0) is 23.9. The van der Waals surface area contributed by atoms with Gasteiger partial charge in [0.2, 0.25) is 0 Å². The molecule has 2 aliphatic heterocycles. The molecule has 0 saturated heterocycles. The second-order valence-corrected chi connectivity index (χ2v) is 11.2. The average Bonchev–Trinajstić information content (AvgIpc) is 2.99. The topological polar surface area (TPSA) is 72.8 Å². The van der Waals surface area contributed by atoms with Crippen LogP contribution in [0.3, 0.4) is 0 Å². The molecule has 0 radical (unpaired) electrons. The summed E-state index contributed by atoms with van der Waals surface area (Å²) in [6.07, 6.45) is 3.40. The lowest BCUT2D eigenvalue weighted by Crippen LogP contribution is -2.40. The summed E-state index contributed by atoms with van der Waals surface area (Å²) in [6.45, 7) is 12.1. The van der Waals surface area contributed by atoms with Crippen molar-refractivity contribution < 1.29 is 24.2 Å².